The summed E-state index contributed by atoms with van der Waals surface area (Å²) < 4.78 is 5.47. The molecule has 2 aliphatic heterocycles. The quantitative estimate of drug-likeness (QED) is 0.763. The number of rotatable bonds is 5. The number of carbonyl (C=O) groups is 1. The molecule has 2 atom stereocenters. The molecular formula is C18H28Cl3N3O2. The van der Waals surface area contributed by atoms with Crippen LogP contribution in [-0.4, -0.2) is 56.7 Å². The topological polar surface area (TPSA) is 53.6 Å². The molecule has 0 spiro atoms. The van der Waals surface area contributed by atoms with E-state index >= 15 is 0 Å². The van der Waals surface area contributed by atoms with Gasteiger partial charge in [0.05, 0.1) is 25.2 Å². The van der Waals surface area contributed by atoms with Crippen molar-refractivity contribution in [3.05, 3.63) is 34.9 Å². The number of piperidine rings is 1. The van der Waals surface area contributed by atoms with E-state index in [1.54, 1.807) is 0 Å². The largest absolute Gasteiger partial charge is 0.379 e. The van der Waals surface area contributed by atoms with Crippen LogP contribution in [0.15, 0.2) is 24.3 Å². The Kier molecular flexibility index (Phi) is 10.8. The Balaban J connectivity index is 0.00000169. The van der Waals surface area contributed by atoms with Gasteiger partial charge in [-0.1, -0.05) is 23.7 Å². The minimum atomic E-state index is 0. The first-order chi connectivity index (χ1) is 11.7. The molecule has 5 nitrogen and oxygen atoms in total. The maximum Gasteiger partial charge on any atom is 0.224 e. The van der Waals surface area contributed by atoms with Crippen LogP contribution in [-0.2, 0) is 9.53 Å². The number of hydrogen-bond donors (Lipinski definition) is 2. The van der Waals surface area contributed by atoms with Gasteiger partial charge in [-0.25, -0.2) is 0 Å². The zero-order chi connectivity index (χ0) is 16.8. The maximum atomic E-state index is 12.5. The van der Waals surface area contributed by atoms with E-state index in [0.29, 0.717) is 6.54 Å². The predicted molar refractivity (Wildman–Crippen MR) is 110 cm³/mol. The second kappa shape index (κ2) is 12.0. The Morgan fingerprint density at radius 3 is 2.58 bits per heavy atom. The molecule has 0 radical (unpaired) electrons. The van der Waals surface area contributed by atoms with Crippen molar-refractivity contribution < 1.29 is 9.53 Å². The lowest BCUT2D eigenvalue weighted by Crippen LogP contribution is -2.46. The summed E-state index contributed by atoms with van der Waals surface area (Å²) in [6.45, 7) is 5.67. The molecule has 148 valence electrons. The van der Waals surface area contributed by atoms with Crippen molar-refractivity contribution in [2.24, 2.45) is 5.92 Å². The van der Waals surface area contributed by atoms with Crippen molar-refractivity contribution >= 4 is 42.3 Å². The van der Waals surface area contributed by atoms with Gasteiger partial charge >= 0.3 is 0 Å². The lowest BCUT2D eigenvalue weighted by molar-refractivity contribution is -0.125. The molecule has 1 aromatic carbocycles. The Labute approximate surface area is 173 Å². The first-order valence-corrected chi connectivity index (χ1v) is 9.17. The fourth-order valence-electron chi connectivity index (χ4n) is 3.45. The van der Waals surface area contributed by atoms with Gasteiger partial charge in [-0.15, -0.1) is 24.8 Å². The van der Waals surface area contributed by atoms with Gasteiger partial charge < -0.3 is 15.4 Å². The first kappa shape index (κ1) is 23.5. The number of nitrogens with zero attached hydrogens (tertiary/aromatic N) is 1. The van der Waals surface area contributed by atoms with Gasteiger partial charge in [0.1, 0.15) is 0 Å². The zero-order valence-electron chi connectivity index (χ0n) is 14.8. The van der Waals surface area contributed by atoms with Gasteiger partial charge in [-0.05, 0) is 37.1 Å². The number of morpholine rings is 1. The van der Waals surface area contributed by atoms with Crippen molar-refractivity contribution in [3.8, 4) is 0 Å². The highest BCUT2D eigenvalue weighted by Crippen LogP contribution is 2.23. The van der Waals surface area contributed by atoms with Crippen LogP contribution in [0.2, 0.25) is 5.02 Å². The van der Waals surface area contributed by atoms with Crippen molar-refractivity contribution in [1.29, 1.82) is 0 Å². The SMILES string of the molecule is Cl.Cl.O=C(NCC(c1ccc(Cl)cc1)N1CCOCC1)C1CCCNC1. The van der Waals surface area contributed by atoms with Gasteiger partial charge in [0.25, 0.3) is 0 Å². The second-order valence-electron chi connectivity index (χ2n) is 6.50. The van der Waals surface area contributed by atoms with Crippen LogP contribution in [0.4, 0.5) is 0 Å². The summed E-state index contributed by atoms with van der Waals surface area (Å²) in [7, 11) is 0. The summed E-state index contributed by atoms with van der Waals surface area (Å²) >= 11 is 6.02. The van der Waals surface area contributed by atoms with Crippen LogP contribution in [0.3, 0.4) is 0 Å². The third kappa shape index (κ3) is 6.55. The molecule has 8 heteroatoms. The summed E-state index contributed by atoms with van der Waals surface area (Å²) in [5, 5.41) is 7.20. The Bertz CT molecular complexity index is 533. The van der Waals surface area contributed by atoms with E-state index in [4.69, 9.17) is 16.3 Å². The first-order valence-electron chi connectivity index (χ1n) is 8.80. The van der Waals surface area contributed by atoms with E-state index in [1.807, 2.05) is 12.1 Å². The molecule has 0 aliphatic carbocycles. The number of amides is 1. The smallest absolute Gasteiger partial charge is 0.224 e. The average Bonchev–Trinajstić information content (AvgIpc) is 2.65. The van der Waals surface area contributed by atoms with Crippen LogP contribution >= 0.6 is 36.4 Å². The van der Waals surface area contributed by atoms with Crippen LogP contribution in [0, 0.1) is 5.92 Å². The lowest BCUT2D eigenvalue weighted by Gasteiger charge is -2.35. The average molecular weight is 425 g/mol. The highest BCUT2D eigenvalue weighted by molar-refractivity contribution is 6.30. The monoisotopic (exact) mass is 423 g/mol. The molecule has 1 aromatic rings. The molecule has 2 unspecified atom stereocenters. The Morgan fingerprint density at radius 1 is 1.27 bits per heavy atom. The summed E-state index contributed by atoms with van der Waals surface area (Å²) in [5.74, 6) is 0.253. The fraction of sp³-hybridized carbons (Fsp3) is 0.611. The molecule has 1 amide bonds. The van der Waals surface area contributed by atoms with E-state index in [2.05, 4.69) is 27.7 Å². The molecule has 2 saturated heterocycles. The van der Waals surface area contributed by atoms with Gasteiger partial charge in [-0.2, -0.15) is 0 Å². The molecule has 3 rings (SSSR count). The summed E-state index contributed by atoms with van der Waals surface area (Å²) in [5.41, 5.74) is 1.18. The minimum absolute atomic E-state index is 0. The number of carbonyl (C=O) groups excluding carboxylic acids is 1. The van der Waals surface area contributed by atoms with E-state index in [9.17, 15) is 4.79 Å². The lowest BCUT2D eigenvalue weighted by atomic mass is 9.98. The van der Waals surface area contributed by atoms with Crippen molar-refractivity contribution in [3.63, 3.8) is 0 Å². The van der Waals surface area contributed by atoms with E-state index in [1.165, 1.54) is 5.56 Å². The number of hydrogen-bond acceptors (Lipinski definition) is 4. The van der Waals surface area contributed by atoms with E-state index in [0.717, 1.165) is 57.3 Å². The molecule has 2 heterocycles. The summed E-state index contributed by atoms with van der Waals surface area (Å²) in [4.78, 5) is 14.8. The number of halogens is 3. The molecule has 0 bridgehead atoms. The van der Waals surface area contributed by atoms with Gasteiger partial charge in [0.15, 0.2) is 0 Å². The third-order valence-corrected chi connectivity index (χ3v) is 5.13. The van der Waals surface area contributed by atoms with Crippen molar-refractivity contribution in [1.82, 2.24) is 15.5 Å². The molecular weight excluding hydrogens is 397 g/mol. The van der Waals surface area contributed by atoms with Gasteiger partial charge in [0, 0.05) is 31.2 Å². The zero-order valence-corrected chi connectivity index (χ0v) is 17.2. The van der Waals surface area contributed by atoms with Crippen LogP contribution in [0.25, 0.3) is 0 Å². The highest BCUT2D eigenvalue weighted by Gasteiger charge is 2.25. The maximum absolute atomic E-state index is 12.5. The van der Waals surface area contributed by atoms with Crippen LogP contribution < -0.4 is 10.6 Å². The molecule has 2 fully saturated rings. The normalized spacial score (nSPS) is 21.8. The minimum Gasteiger partial charge on any atom is -0.379 e. The fourth-order valence-corrected chi connectivity index (χ4v) is 3.58. The van der Waals surface area contributed by atoms with Crippen molar-refractivity contribution in [2.45, 2.75) is 18.9 Å². The number of benzene rings is 1. The summed E-state index contributed by atoms with van der Waals surface area (Å²) in [6.07, 6.45) is 2.05. The number of nitrogens with one attached hydrogen (secondary N) is 2. The second-order valence-corrected chi connectivity index (χ2v) is 6.94. The van der Waals surface area contributed by atoms with E-state index < -0.39 is 0 Å². The van der Waals surface area contributed by atoms with Crippen LogP contribution in [0.1, 0.15) is 24.4 Å². The molecule has 0 aromatic heterocycles. The standard InChI is InChI=1S/C18H26ClN3O2.2ClH/c19-16-5-3-14(4-6-16)17(22-8-10-24-11-9-22)13-21-18(23)15-2-1-7-20-12-15;;/h3-6,15,17,20H,1-2,7-13H2,(H,21,23);2*1H. The Hall–Kier alpha value is -0.560. The predicted octanol–water partition coefficient (Wildman–Crippen LogP) is 2.67. The molecule has 2 N–H and O–H groups in total. The van der Waals surface area contributed by atoms with Gasteiger partial charge in [0.2, 0.25) is 5.91 Å². The molecule has 0 saturated carbocycles. The van der Waals surface area contributed by atoms with Crippen LogP contribution in [0.5, 0.6) is 0 Å². The van der Waals surface area contributed by atoms with E-state index in [-0.39, 0.29) is 42.7 Å². The van der Waals surface area contributed by atoms with Gasteiger partial charge in [-0.3, -0.25) is 9.69 Å². The highest BCUT2D eigenvalue weighted by atomic mass is 35.5. The Morgan fingerprint density at radius 2 is 1.96 bits per heavy atom. The number of ether oxygens (including phenoxy) is 1. The molecule has 26 heavy (non-hydrogen) atoms. The van der Waals surface area contributed by atoms with Crippen molar-refractivity contribution in [2.75, 3.05) is 45.9 Å². The third-order valence-electron chi connectivity index (χ3n) is 4.88. The molecule has 2 aliphatic rings. The summed E-state index contributed by atoms with van der Waals surface area (Å²) in [6, 6.07) is 8.09.